The minimum atomic E-state index is -0.659. The van der Waals surface area contributed by atoms with Gasteiger partial charge in [0.25, 0.3) is 5.91 Å². The van der Waals surface area contributed by atoms with Crippen molar-refractivity contribution in [3.8, 4) is 5.75 Å². The van der Waals surface area contributed by atoms with Crippen molar-refractivity contribution >= 4 is 18.0 Å². The number of furan rings is 1. The highest BCUT2D eigenvalue weighted by Gasteiger charge is 2.10. The molecule has 0 atom stereocenters. The molecule has 0 aliphatic heterocycles. The van der Waals surface area contributed by atoms with Crippen molar-refractivity contribution in [1.29, 1.82) is 0 Å². The van der Waals surface area contributed by atoms with Crippen LogP contribution in [0.1, 0.15) is 16.9 Å². The Kier molecular flexibility index (Phi) is 5.08. The quantitative estimate of drug-likeness (QED) is 0.500. The van der Waals surface area contributed by atoms with Crippen LogP contribution in [0.5, 0.6) is 5.75 Å². The molecule has 0 aliphatic carbocycles. The number of nitrogens with zero attached hydrogens (tertiary/aromatic N) is 2. The van der Waals surface area contributed by atoms with Gasteiger partial charge in [0.05, 0.1) is 12.3 Å². The summed E-state index contributed by atoms with van der Waals surface area (Å²) in [6, 6.07) is 8.28. The molecule has 1 aromatic carbocycles. The zero-order valence-electron chi connectivity index (χ0n) is 12.6. The smallest absolute Gasteiger partial charge is 0.433 e. The molecule has 1 aromatic heterocycles. The van der Waals surface area contributed by atoms with E-state index in [0.29, 0.717) is 5.75 Å². The van der Waals surface area contributed by atoms with Crippen molar-refractivity contribution in [3.63, 3.8) is 0 Å². The Morgan fingerprint density at radius 1 is 1.39 bits per heavy atom. The number of benzene rings is 1. The van der Waals surface area contributed by atoms with Crippen molar-refractivity contribution in [1.82, 2.24) is 5.43 Å². The number of rotatable bonds is 6. The summed E-state index contributed by atoms with van der Waals surface area (Å²) < 4.78 is 10.3. The summed E-state index contributed by atoms with van der Waals surface area (Å²) in [6.45, 7) is 3.62. The molecule has 1 amide bonds. The largest absolute Gasteiger partial charge is 0.483 e. The topological polar surface area (TPSA) is 107 Å². The number of hydrogen-bond acceptors (Lipinski definition) is 6. The van der Waals surface area contributed by atoms with Crippen molar-refractivity contribution < 1.29 is 18.9 Å². The van der Waals surface area contributed by atoms with E-state index >= 15 is 0 Å². The first-order valence-electron chi connectivity index (χ1n) is 6.72. The van der Waals surface area contributed by atoms with Gasteiger partial charge in [0.1, 0.15) is 10.7 Å². The molecule has 120 valence electrons. The molecule has 8 nitrogen and oxygen atoms in total. The normalized spacial score (nSPS) is 10.7. The molecule has 0 fully saturated rings. The summed E-state index contributed by atoms with van der Waals surface area (Å²) >= 11 is 0. The van der Waals surface area contributed by atoms with Crippen molar-refractivity contribution in [2.24, 2.45) is 5.10 Å². The highest BCUT2D eigenvalue weighted by molar-refractivity contribution is 5.81. The van der Waals surface area contributed by atoms with Gasteiger partial charge in [0.2, 0.25) is 0 Å². The van der Waals surface area contributed by atoms with Gasteiger partial charge in [-0.25, -0.2) is 5.43 Å². The van der Waals surface area contributed by atoms with E-state index in [4.69, 9.17) is 9.15 Å². The summed E-state index contributed by atoms with van der Waals surface area (Å²) in [4.78, 5) is 21.4. The molecule has 1 heterocycles. The fourth-order valence-corrected chi connectivity index (χ4v) is 1.72. The second kappa shape index (κ2) is 7.21. The van der Waals surface area contributed by atoms with E-state index in [9.17, 15) is 14.9 Å². The zero-order chi connectivity index (χ0) is 16.8. The lowest BCUT2D eigenvalue weighted by Crippen LogP contribution is -2.24. The monoisotopic (exact) mass is 317 g/mol. The number of carbonyl (C=O) groups excluding carboxylic acids is 1. The van der Waals surface area contributed by atoms with Gasteiger partial charge >= 0.3 is 5.88 Å². The highest BCUT2D eigenvalue weighted by atomic mass is 16.6. The van der Waals surface area contributed by atoms with E-state index in [-0.39, 0.29) is 12.4 Å². The van der Waals surface area contributed by atoms with Crippen LogP contribution in [0.15, 0.2) is 39.9 Å². The van der Waals surface area contributed by atoms with Crippen molar-refractivity contribution in [3.05, 3.63) is 57.3 Å². The minimum Gasteiger partial charge on any atom is -0.483 e. The molecule has 8 heteroatoms. The van der Waals surface area contributed by atoms with E-state index in [2.05, 4.69) is 10.5 Å². The molecule has 23 heavy (non-hydrogen) atoms. The Hall–Kier alpha value is -3.16. The highest BCUT2D eigenvalue weighted by Crippen LogP contribution is 2.18. The molecule has 0 saturated carbocycles. The van der Waals surface area contributed by atoms with Crippen LogP contribution < -0.4 is 10.2 Å². The first kappa shape index (κ1) is 16.2. The van der Waals surface area contributed by atoms with Crippen LogP contribution in [-0.2, 0) is 4.79 Å². The van der Waals surface area contributed by atoms with Crippen LogP contribution in [-0.4, -0.2) is 23.7 Å². The molecule has 0 unspecified atom stereocenters. The Bertz CT molecular complexity index is 751. The molecular formula is C15H15N3O5. The second-order valence-corrected chi connectivity index (χ2v) is 4.78. The van der Waals surface area contributed by atoms with Crippen molar-refractivity contribution in [2.75, 3.05) is 6.61 Å². The van der Waals surface area contributed by atoms with Crippen LogP contribution in [0, 0.1) is 24.0 Å². The van der Waals surface area contributed by atoms with Gasteiger partial charge < -0.3 is 9.15 Å². The Morgan fingerprint density at radius 3 is 2.87 bits per heavy atom. The number of amides is 1. The molecule has 2 aromatic rings. The third-order valence-corrected chi connectivity index (χ3v) is 2.88. The van der Waals surface area contributed by atoms with Crippen LogP contribution in [0.2, 0.25) is 0 Å². The summed E-state index contributed by atoms with van der Waals surface area (Å²) in [5, 5.41) is 14.1. The minimum absolute atomic E-state index is 0.160. The first-order valence-corrected chi connectivity index (χ1v) is 6.72. The van der Waals surface area contributed by atoms with Gasteiger partial charge in [-0.05, 0) is 37.1 Å². The average Bonchev–Trinajstić information content (AvgIpc) is 2.97. The lowest BCUT2D eigenvalue weighted by molar-refractivity contribution is -0.402. The summed E-state index contributed by atoms with van der Waals surface area (Å²) in [6.07, 6.45) is 1.17. The lowest BCUT2D eigenvalue weighted by Gasteiger charge is -2.08. The van der Waals surface area contributed by atoms with Crippen LogP contribution in [0.4, 0.5) is 5.88 Å². The molecule has 0 bridgehead atoms. The maximum Gasteiger partial charge on any atom is 0.433 e. The average molecular weight is 317 g/mol. The van der Waals surface area contributed by atoms with Gasteiger partial charge in [-0.1, -0.05) is 12.1 Å². The van der Waals surface area contributed by atoms with E-state index in [0.717, 1.165) is 11.1 Å². The van der Waals surface area contributed by atoms with E-state index < -0.39 is 16.7 Å². The predicted molar refractivity (Wildman–Crippen MR) is 82.5 cm³/mol. The van der Waals surface area contributed by atoms with Gasteiger partial charge in [-0.15, -0.1) is 0 Å². The molecule has 2 rings (SSSR count). The van der Waals surface area contributed by atoms with Gasteiger partial charge in [0.15, 0.2) is 12.4 Å². The van der Waals surface area contributed by atoms with Crippen LogP contribution in [0.3, 0.4) is 0 Å². The lowest BCUT2D eigenvalue weighted by atomic mass is 10.1. The maximum atomic E-state index is 11.6. The third kappa shape index (κ3) is 4.67. The number of carbonyl (C=O) groups is 1. The number of hydrogen-bond donors (Lipinski definition) is 1. The van der Waals surface area contributed by atoms with Gasteiger partial charge in [-0.3, -0.25) is 14.9 Å². The number of nitro groups is 1. The van der Waals surface area contributed by atoms with Gasteiger partial charge in [-0.2, -0.15) is 5.10 Å². The molecule has 1 N–H and O–H groups in total. The number of hydrazone groups is 1. The number of nitrogens with one attached hydrogen (secondary N) is 1. The van der Waals surface area contributed by atoms with E-state index in [1.807, 2.05) is 32.0 Å². The third-order valence-electron chi connectivity index (χ3n) is 2.88. The SMILES string of the molecule is Cc1ccc(C)c(OCC(=O)NN=Cc2ccc([N+](=O)[O-])o2)c1. The predicted octanol–water partition coefficient (Wildman–Crippen LogP) is 2.33. The molecule has 0 radical (unpaired) electrons. The first-order chi connectivity index (χ1) is 11.0. The fraction of sp³-hybridized carbons (Fsp3) is 0.200. The molecular weight excluding hydrogens is 302 g/mol. The Balaban J connectivity index is 1.83. The second-order valence-electron chi connectivity index (χ2n) is 4.78. The van der Waals surface area contributed by atoms with Gasteiger partial charge in [0, 0.05) is 0 Å². The molecule has 0 aliphatic rings. The summed E-state index contributed by atoms with van der Waals surface area (Å²) in [7, 11) is 0. The summed E-state index contributed by atoms with van der Waals surface area (Å²) in [5.41, 5.74) is 4.21. The van der Waals surface area contributed by atoms with E-state index in [1.54, 1.807) is 0 Å². The standard InChI is InChI=1S/C15H15N3O5/c1-10-3-4-11(2)13(7-10)22-9-14(19)17-16-8-12-5-6-15(23-12)18(20)21/h3-8H,9H2,1-2H3,(H,17,19). The Morgan fingerprint density at radius 2 is 2.17 bits per heavy atom. The zero-order valence-corrected chi connectivity index (χ0v) is 12.6. The fourth-order valence-electron chi connectivity index (χ4n) is 1.72. The Labute approximate surface area is 131 Å². The van der Waals surface area contributed by atoms with Crippen LogP contribution >= 0.6 is 0 Å². The van der Waals surface area contributed by atoms with E-state index in [1.165, 1.54) is 18.3 Å². The number of aryl methyl sites for hydroxylation is 2. The summed E-state index contributed by atoms with van der Waals surface area (Å²) in [5.74, 6) is -0.0579. The maximum absolute atomic E-state index is 11.6. The van der Waals surface area contributed by atoms with Crippen LogP contribution in [0.25, 0.3) is 0 Å². The number of ether oxygens (including phenoxy) is 1. The molecule has 0 spiro atoms. The molecule has 0 saturated heterocycles. The van der Waals surface area contributed by atoms with Crippen molar-refractivity contribution in [2.45, 2.75) is 13.8 Å².